The van der Waals surface area contributed by atoms with Crippen molar-refractivity contribution in [3.05, 3.63) is 12.2 Å². The van der Waals surface area contributed by atoms with Gasteiger partial charge in [-0.3, -0.25) is 4.79 Å². The Morgan fingerprint density at radius 2 is 1.85 bits per heavy atom. The van der Waals surface area contributed by atoms with E-state index in [0.29, 0.717) is 30.6 Å². The molecular weight excluding hydrogens is 418 g/mol. The van der Waals surface area contributed by atoms with Gasteiger partial charge in [-0.2, -0.15) is 0 Å². The van der Waals surface area contributed by atoms with E-state index >= 15 is 0 Å². The molecule has 33 heavy (non-hydrogen) atoms. The van der Waals surface area contributed by atoms with Crippen LogP contribution >= 0.6 is 0 Å². The van der Waals surface area contributed by atoms with Crippen LogP contribution in [-0.4, -0.2) is 55.8 Å². The molecule has 1 amide bonds. The van der Waals surface area contributed by atoms with Crippen molar-refractivity contribution in [2.24, 2.45) is 11.8 Å². The van der Waals surface area contributed by atoms with Crippen molar-refractivity contribution in [1.82, 2.24) is 5.06 Å². The molecule has 6 nitrogen and oxygen atoms in total. The maximum atomic E-state index is 11.9. The first-order chi connectivity index (χ1) is 16.2. The Kier molecular flexibility index (Phi) is 12.2. The molecule has 3 aliphatic heterocycles. The van der Waals surface area contributed by atoms with E-state index in [-0.39, 0.29) is 12.2 Å². The quantitative estimate of drug-likeness (QED) is 0.164. The molecule has 3 saturated heterocycles. The van der Waals surface area contributed by atoms with E-state index in [0.717, 1.165) is 64.8 Å². The number of hydroxylamine groups is 2. The predicted octanol–water partition coefficient (Wildman–Crippen LogP) is 5.80. The number of hydrogen-bond acceptors (Lipinski definition) is 5. The van der Waals surface area contributed by atoms with Crippen LogP contribution < -0.4 is 0 Å². The number of rotatable bonds is 16. The summed E-state index contributed by atoms with van der Waals surface area (Å²) in [5.41, 5.74) is 0. The van der Waals surface area contributed by atoms with Crippen LogP contribution in [0.15, 0.2) is 12.2 Å². The second-order valence-corrected chi connectivity index (χ2v) is 9.98. The third kappa shape index (κ3) is 8.97. The van der Waals surface area contributed by atoms with Crippen LogP contribution in [0.2, 0.25) is 0 Å². The van der Waals surface area contributed by atoms with Gasteiger partial charge in [0, 0.05) is 39.0 Å². The predicted molar refractivity (Wildman–Crippen MR) is 130 cm³/mol. The lowest BCUT2D eigenvalue weighted by atomic mass is 9.78. The lowest BCUT2D eigenvalue weighted by Gasteiger charge is -2.28. The van der Waals surface area contributed by atoms with Crippen molar-refractivity contribution in [3.8, 4) is 0 Å². The van der Waals surface area contributed by atoms with Gasteiger partial charge in [-0.1, -0.05) is 38.3 Å². The summed E-state index contributed by atoms with van der Waals surface area (Å²) in [6.45, 7) is 6.91. The summed E-state index contributed by atoms with van der Waals surface area (Å²) in [5.74, 6) is 1.12. The van der Waals surface area contributed by atoms with E-state index in [1.165, 1.54) is 43.6 Å². The van der Waals surface area contributed by atoms with E-state index in [4.69, 9.17) is 19.0 Å². The fourth-order valence-corrected chi connectivity index (χ4v) is 5.39. The zero-order valence-corrected chi connectivity index (χ0v) is 21.1. The number of unbranched alkanes of at least 4 members (excludes halogenated alkanes) is 5. The first-order valence-corrected chi connectivity index (χ1v) is 13.6. The Morgan fingerprint density at radius 3 is 2.61 bits per heavy atom. The molecule has 6 heteroatoms. The standard InChI is InChI=1S/C27H47NO5/c1-3-4-5-12-19-30-21-24-23(25-16-17-26(24)32-25)14-9-7-6-8-11-18-28(22(2)29)33-27-15-10-13-20-31-27/h7,9,23-27H,3-6,8,10-21H2,1-2H3/b9-7-/t23?,24-,25+,26-,27-/m1/s1. The average Bonchev–Trinajstić information content (AvgIpc) is 3.42. The van der Waals surface area contributed by atoms with E-state index in [1.54, 1.807) is 6.92 Å². The normalized spacial score (nSPS) is 29.2. The van der Waals surface area contributed by atoms with Gasteiger partial charge >= 0.3 is 0 Å². The summed E-state index contributed by atoms with van der Waals surface area (Å²) in [5, 5.41) is 1.49. The molecule has 1 unspecified atom stereocenters. The lowest BCUT2D eigenvalue weighted by molar-refractivity contribution is -0.279. The van der Waals surface area contributed by atoms with Crippen LogP contribution in [0.3, 0.4) is 0 Å². The Morgan fingerprint density at radius 1 is 1.00 bits per heavy atom. The summed E-state index contributed by atoms with van der Waals surface area (Å²) in [4.78, 5) is 17.6. The maximum Gasteiger partial charge on any atom is 0.243 e. The van der Waals surface area contributed by atoms with Crippen LogP contribution in [0.5, 0.6) is 0 Å². The van der Waals surface area contributed by atoms with E-state index < -0.39 is 0 Å². The van der Waals surface area contributed by atoms with Crippen molar-refractivity contribution >= 4 is 5.91 Å². The Hall–Kier alpha value is -0.950. The molecule has 0 aromatic carbocycles. The third-order valence-electron chi connectivity index (χ3n) is 7.33. The molecule has 0 radical (unpaired) electrons. The molecule has 3 rings (SSSR count). The number of amides is 1. The summed E-state index contributed by atoms with van der Waals surface area (Å²) in [6, 6.07) is 0. The van der Waals surface area contributed by atoms with Gasteiger partial charge in [0.1, 0.15) is 0 Å². The Labute approximate surface area is 201 Å². The number of carbonyl (C=O) groups excluding carboxylic acids is 1. The third-order valence-corrected chi connectivity index (χ3v) is 7.33. The molecule has 5 atom stereocenters. The first-order valence-electron chi connectivity index (χ1n) is 13.6. The highest BCUT2D eigenvalue weighted by Gasteiger charge is 2.48. The number of allylic oxidation sites excluding steroid dienone is 2. The molecule has 3 aliphatic rings. The van der Waals surface area contributed by atoms with E-state index in [1.807, 2.05) is 0 Å². The maximum absolute atomic E-state index is 11.9. The van der Waals surface area contributed by atoms with Gasteiger partial charge in [0.2, 0.25) is 5.91 Å². The minimum atomic E-state index is -0.264. The largest absolute Gasteiger partial charge is 0.381 e. The summed E-state index contributed by atoms with van der Waals surface area (Å²) >= 11 is 0. The number of fused-ring (bicyclic) bond motifs is 2. The lowest BCUT2D eigenvalue weighted by Crippen LogP contribution is -2.37. The van der Waals surface area contributed by atoms with E-state index in [2.05, 4.69) is 19.1 Å². The monoisotopic (exact) mass is 465 g/mol. The van der Waals surface area contributed by atoms with Crippen LogP contribution in [0.4, 0.5) is 0 Å². The van der Waals surface area contributed by atoms with Crippen molar-refractivity contribution in [2.45, 2.75) is 116 Å². The molecule has 0 spiro atoms. The van der Waals surface area contributed by atoms with Crippen molar-refractivity contribution in [1.29, 1.82) is 0 Å². The van der Waals surface area contributed by atoms with Crippen molar-refractivity contribution < 1.29 is 23.8 Å². The molecule has 0 aliphatic carbocycles. The number of ether oxygens (including phenoxy) is 3. The van der Waals surface area contributed by atoms with Gasteiger partial charge < -0.3 is 14.2 Å². The SMILES string of the molecule is CCCCCCOC[C@@H]1C(C/C=C\CCCCN(O[C@@H]2CCCCO2)C(C)=O)[C@@H]2CC[C@H]1O2. The van der Waals surface area contributed by atoms with Crippen LogP contribution in [-0.2, 0) is 23.8 Å². The minimum Gasteiger partial charge on any atom is -0.381 e. The highest BCUT2D eigenvalue weighted by atomic mass is 16.8. The minimum absolute atomic E-state index is 0.0466. The average molecular weight is 466 g/mol. The van der Waals surface area contributed by atoms with Crippen molar-refractivity contribution in [2.75, 3.05) is 26.4 Å². The molecule has 0 aromatic heterocycles. The summed E-state index contributed by atoms with van der Waals surface area (Å²) in [6.07, 6.45) is 19.8. The molecule has 3 heterocycles. The highest BCUT2D eigenvalue weighted by Crippen LogP contribution is 2.45. The van der Waals surface area contributed by atoms with Crippen molar-refractivity contribution in [3.63, 3.8) is 0 Å². The number of nitrogens with zero attached hydrogens (tertiary/aromatic N) is 1. The van der Waals surface area contributed by atoms with Gasteiger partial charge in [-0.25, -0.2) is 9.90 Å². The summed E-state index contributed by atoms with van der Waals surface area (Å²) < 4.78 is 17.9. The molecule has 3 fully saturated rings. The van der Waals surface area contributed by atoms with Gasteiger partial charge in [0.25, 0.3) is 0 Å². The topological polar surface area (TPSA) is 57.2 Å². The van der Waals surface area contributed by atoms with Crippen LogP contribution in [0.25, 0.3) is 0 Å². The fraction of sp³-hybridized carbons (Fsp3) is 0.889. The van der Waals surface area contributed by atoms with Crippen LogP contribution in [0.1, 0.15) is 97.3 Å². The zero-order chi connectivity index (χ0) is 23.3. The number of carbonyl (C=O) groups is 1. The van der Waals surface area contributed by atoms with Gasteiger partial charge in [-0.05, 0) is 63.7 Å². The molecule has 2 bridgehead atoms. The second-order valence-electron chi connectivity index (χ2n) is 9.98. The van der Waals surface area contributed by atoms with Gasteiger partial charge in [0.05, 0.1) is 18.8 Å². The highest BCUT2D eigenvalue weighted by molar-refractivity contribution is 5.71. The Bertz CT molecular complexity index is 577. The molecular formula is C27H47NO5. The molecule has 0 aromatic rings. The fourth-order valence-electron chi connectivity index (χ4n) is 5.39. The van der Waals surface area contributed by atoms with Crippen LogP contribution in [0, 0.1) is 11.8 Å². The Balaban J connectivity index is 1.29. The zero-order valence-electron chi connectivity index (χ0n) is 21.1. The molecule has 0 saturated carbocycles. The van der Waals surface area contributed by atoms with Gasteiger partial charge in [0.15, 0.2) is 6.29 Å². The smallest absolute Gasteiger partial charge is 0.243 e. The molecule has 190 valence electrons. The molecule has 0 N–H and O–H groups in total. The second kappa shape index (κ2) is 15.1. The van der Waals surface area contributed by atoms with E-state index in [9.17, 15) is 4.79 Å². The first kappa shape index (κ1) is 26.7. The van der Waals surface area contributed by atoms with Gasteiger partial charge in [-0.15, -0.1) is 0 Å². The summed E-state index contributed by atoms with van der Waals surface area (Å²) in [7, 11) is 0. The number of hydrogen-bond donors (Lipinski definition) is 0.